The molecule has 0 saturated heterocycles. The fraction of sp³-hybridized carbons (Fsp3) is 0.250. The first kappa shape index (κ1) is 14.4. The van der Waals surface area contributed by atoms with Crippen molar-refractivity contribution in [1.29, 1.82) is 0 Å². The lowest BCUT2D eigenvalue weighted by Gasteiger charge is -2.12. The zero-order chi connectivity index (χ0) is 14.7. The Balaban J connectivity index is 1.79. The van der Waals surface area contributed by atoms with E-state index in [0.29, 0.717) is 24.0 Å². The Bertz CT molecular complexity index is 648. The summed E-state index contributed by atoms with van der Waals surface area (Å²) in [6, 6.07) is 11.8. The maximum atomic E-state index is 6.29. The van der Waals surface area contributed by atoms with Crippen LogP contribution in [-0.2, 0) is 5.75 Å². The molecule has 1 aliphatic heterocycles. The zero-order valence-electron chi connectivity index (χ0n) is 11.5. The number of para-hydroxylation sites is 1. The number of nitrogens with two attached hydrogens (primary N) is 1. The molecular weight excluding hydrogens is 306 g/mol. The largest absolute Gasteiger partial charge is 0.489 e. The van der Waals surface area contributed by atoms with Crippen molar-refractivity contribution in [3.63, 3.8) is 0 Å². The van der Waals surface area contributed by atoms with Gasteiger partial charge in [0.2, 0.25) is 0 Å². The Morgan fingerprint density at radius 3 is 2.81 bits per heavy atom. The van der Waals surface area contributed by atoms with Crippen LogP contribution in [0.4, 0.5) is 5.69 Å². The number of fused-ring (bicyclic) bond motifs is 1. The first-order valence-electron chi connectivity index (χ1n) is 6.79. The number of nitrogen functional groups attached to an aromatic ring is 1. The van der Waals surface area contributed by atoms with E-state index < -0.39 is 0 Å². The van der Waals surface area contributed by atoms with Gasteiger partial charge in [-0.25, -0.2) is 0 Å². The molecule has 0 atom stereocenters. The second-order valence-corrected chi connectivity index (χ2v) is 6.21. The average molecular weight is 322 g/mol. The molecule has 110 valence electrons. The summed E-state index contributed by atoms with van der Waals surface area (Å²) in [5.74, 6) is 2.17. The lowest BCUT2D eigenvalue weighted by molar-refractivity contribution is 0.297. The van der Waals surface area contributed by atoms with Gasteiger partial charge in [-0.3, -0.25) is 0 Å². The molecule has 1 aliphatic rings. The molecule has 2 aromatic rings. The Kier molecular flexibility index (Phi) is 4.46. The van der Waals surface area contributed by atoms with E-state index in [2.05, 4.69) is 0 Å². The number of ether oxygens (including phenoxy) is 2. The quantitative estimate of drug-likeness (QED) is 0.673. The SMILES string of the molecule is Nc1ccccc1SCc1cc(Cl)c2c(c1)OCCCO2. The molecule has 0 amide bonds. The highest BCUT2D eigenvalue weighted by atomic mass is 35.5. The smallest absolute Gasteiger partial charge is 0.179 e. The van der Waals surface area contributed by atoms with E-state index in [1.54, 1.807) is 11.8 Å². The van der Waals surface area contributed by atoms with E-state index in [9.17, 15) is 0 Å². The zero-order valence-corrected chi connectivity index (χ0v) is 13.0. The van der Waals surface area contributed by atoms with Crippen molar-refractivity contribution < 1.29 is 9.47 Å². The molecule has 3 nitrogen and oxygen atoms in total. The summed E-state index contributed by atoms with van der Waals surface area (Å²) < 4.78 is 11.3. The summed E-state index contributed by atoms with van der Waals surface area (Å²) >= 11 is 7.98. The van der Waals surface area contributed by atoms with Gasteiger partial charge in [0, 0.05) is 22.8 Å². The van der Waals surface area contributed by atoms with Crippen LogP contribution in [0, 0.1) is 0 Å². The predicted molar refractivity (Wildman–Crippen MR) is 87.5 cm³/mol. The van der Waals surface area contributed by atoms with Crippen LogP contribution in [0.15, 0.2) is 41.3 Å². The van der Waals surface area contributed by atoms with Gasteiger partial charge in [-0.05, 0) is 29.8 Å². The van der Waals surface area contributed by atoms with Gasteiger partial charge in [0.15, 0.2) is 11.5 Å². The van der Waals surface area contributed by atoms with Gasteiger partial charge >= 0.3 is 0 Å². The summed E-state index contributed by atoms with van der Waals surface area (Å²) in [5.41, 5.74) is 7.84. The summed E-state index contributed by atoms with van der Waals surface area (Å²) in [5, 5.41) is 0.603. The Morgan fingerprint density at radius 2 is 1.95 bits per heavy atom. The maximum Gasteiger partial charge on any atom is 0.179 e. The van der Waals surface area contributed by atoms with Crippen LogP contribution in [0.25, 0.3) is 0 Å². The molecule has 0 aliphatic carbocycles. The third-order valence-corrected chi connectivity index (χ3v) is 4.62. The summed E-state index contributed by atoms with van der Waals surface area (Å²) in [6.07, 6.45) is 0.871. The normalized spacial score (nSPS) is 13.8. The van der Waals surface area contributed by atoms with E-state index >= 15 is 0 Å². The lowest BCUT2D eigenvalue weighted by atomic mass is 10.2. The van der Waals surface area contributed by atoms with Crippen molar-refractivity contribution in [2.75, 3.05) is 18.9 Å². The van der Waals surface area contributed by atoms with Crippen LogP contribution in [0.3, 0.4) is 0 Å². The molecule has 0 spiro atoms. The topological polar surface area (TPSA) is 44.5 Å². The first-order chi connectivity index (χ1) is 10.2. The van der Waals surface area contributed by atoms with Crippen LogP contribution in [0.2, 0.25) is 5.02 Å². The molecule has 2 aromatic carbocycles. The number of benzene rings is 2. The van der Waals surface area contributed by atoms with Gasteiger partial charge in [-0.1, -0.05) is 23.7 Å². The fourth-order valence-electron chi connectivity index (χ4n) is 2.14. The van der Waals surface area contributed by atoms with Gasteiger partial charge in [0.05, 0.1) is 18.2 Å². The summed E-state index contributed by atoms with van der Waals surface area (Å²) in [7, 11) is 0. The second-order valence-electron chi connectivity index (χ2n) is 4.78. The minimum absolute atomic E-state index is 0.603. The molecule has 21 heavy (non-hydrogen) atoms. The minimum atomic E-state index is 0.603. The Labute approximate surface area is 133 Å². The molecular formula is C16H16ClNO2S. The molecule has 0 radical (unpaired) electrons. The molecule has 3 rings (SSSR count). The van der Waals surface area contributed by atoms with Crippen LogP contribution >= 0.6 is 23.4 Å². The number of thioether (sulfide) groups is 1. The van der Waals surface area contributed by atoms with Crippen molar-refractivity contribution in [3.8, 4) is 11.5 Å². The fourth-order valence-corrected chi connectivity index (χ4v) is 3.33. The number of rotatable bonds is 3. The van der Waals surface area contributed by atoms with Crippen LogP contribution < -0.4 is 15.2 Å². The number of hydrogen-bond donors (Lipinski definition) is 1. The predicted octanol–water partition coefficient (Wildman–Crippen LogP) is 4.38. The van der Waals surface area contributed by atoms with Crippen LogP contribution in [0.1, 0.15) is 12.0 Å². The number of hydrogen-bond acceptors (Lipinski definition) is 4. The lowest BCUT2D eigenvalue weighted by Crippen LogP contribution is -1.97. The average Bonchev–Trinajstić information content (AvgIpc) is 2.72. The Morgan fingerprint density at radius 1 is 1.14 bits per heavy atom. The molecule has 0 fully saturated rings. The molecule has 0 bridgehead atoms. The van der Waals surface area contributed by atoms with Gasteiger partial charge in [0.25, 0.3) is 0 Å². The number of halogens is 1. The Hall–Kier alpha value is -1.52. The van der Waals surface area contributed by atoms with Crippen molar-refractivity contribution >= 4 is 29.1 Å². The van der Waals surface area contributed by atoms with Crippen molar-refractivity contribution in [2.24, 2.45) is 0 Å². The monoisotopic (exact) mass is 321 g/mol. The highest BCUT2D eigenvalue weighted by Gasteiger charge is 2.15. The van der Waals surface area contributed by atoms with Crippen LogP contribution in [0.5, 0.6) is 11.5 Å². The van der Waals surface area contributed by atoms with Gasteiger partial charge in [-0.2, -0.15) is 0 Å². The molecule has 0 saturated carbocycles. The maximum absolute atomic E-state index is 6.29. The summed E-state index contributed by atoms with van der Waals surface area (Å²) in [6.45, 7) is 1.30. The first-order valence-corrected chi connectivity index (χ1v) is 8.16. The highest BCUT2D eigenvalue weighted by Crippen LogP contribution is 2.39. The molecule has 5 heteroatoms. The second kappa shape index (κ2) is 6.50. The van der Waals surface area contributed by atoms with Crippen molar-refractivity contribution in [2.45, 2.75) is 17.1 Å². The van der Waals surface area contributed by atoms with E-state index in [1.807, 2.05) is 36.4 Å². The van der Waals surface area contributed by atoms with Gasteiger partial charge in [-0.15, -0.1) is 11.8 Å². The third kappa shape index (κ3) is 3.39. The molecule has 0 unspecified atom stereocenters. The minimum Gasteiger partial charge on any atom is -0.489 e. The molecule has 0 aromatic heterocycles. The number of anilines is 1. The standard InChI is InChI=1S/C16H16ClNO2S/c17-12-8-11(9-14-16(12)20-7-3-6-19-14)10-21-15-5-2-1-4-13(15)18/h1-2,4-5,8-9H,3,6-7,10,18H2. The van der Waals surface area contributed by atoms with Crippen molar-refractivity contribution in [3.05, 3.63) is 47.0 Å². The third-order valence-electron chi connectivity index (χ3n) is 3.18. The van der Waals surface area contributed by atoms with E-state index in [4.69, 9.17) is 26.8 Å². The molecule has 1 heterocycles. The van der Waals surface area contributed by atoms with Gasteiger partial charge < -0.3 is 15.2 Å². The van der Waals surface area contributed by atoms with E-state index in [1.165, 1.54) is 0 Å². The molecule has 2 N–H and O–H groups in total. The van der Waals surface area contributed by atoms with E-state index in [0.717, 1.165) is 34.1 Å². The van der Waals surface area contributed by atoms with E-state index in [-0.39, 0.29) is 0 Å². The summed E-state index contributed by atoms with van der Waals surface area (Å²) in [4.78, 5) is 1.07. The van der Waals surface area contributed by atoms with Gasteiger partial charge in [0.1, 0.15) is 0 Å². The highest BCUT2D eigenvalue weighted by molar-refractivity contribution is 7.98. The van der Waals surface area contributed by atoms with Crippen molar-refractivity contribution in [1.82, 2.24) is 0 Å². The van der Waals surface area contributed by atoms with Crippen LogP contribution in [-0.4, -0.2) is 13.2 Å².